The third kappa shape index (κ3) is 2.77. The zero-order chi connectivity index (χ0) is 14.2. The molecule has 3 rings (SSSR count). The summed E-state index contributed by atoms with van der Waals surface area (Å²) in [6.45, 7) is 3.25. The first-order valence-corrected chi connectivity index (χ1v) is 8.08. The molecule has 1 N–H and O–H groups in total. The van der Waals surface area contributed by atoms with Crippen molar-refractivity contribution in [1.29, 1.82) is 0 Å². The largest absolute Gasteiger partial charge is 0.390 e. The fraction of sp³-hybridized carbons (Fsp3) is 0.667. The van der Waals surface area contributed by atoms with Crippen LogP contribution in [0.25, 0.3) is 0 Å². The van der Waals surface area contributed by atoms with Crippen molar-refractivity contribution in [3.05, 3.63) is 35.4 Å². The first kappa shape index (κ1) is 14.1. The van der Waals surface area contributed by atoms with Crippen molar-refractivity contribution in [2.75, 3.05) is 13.6 Å². The fourth-order valence-corrected chi connectivity index (χ4v) is 4.12. The van der Waals surface area contributed by atoms with Crippen LogP contribution < -0.4 is 0 Å². The van der Waals surface area contributed by atoms with Crippen molar-refractivity contribution in [2.45, 2.75) is 63.0 Å². The number of rotatable bonds is 2. The van der Waals surface area contributed by atoms with Gasteiger partial charge < -0.3 is 10.0 Å². The molecule has 1 aliphatic carbocycles. The van der Waals surface area contributed by atoms with Gasteiger partial charge in [-0.15, -0.1) is 0 Å². The smallest absolute Gasteiger partial charge is 0.0680 e. The highest BCUT2D eigenvalue weighted by molar-refractivity contribution is 5.32. The number of nitrogens with zero attached hydrogens (tertiary/aromatic N) is 1. The lowest BCUT2D eigenvalue weighted by atomic mass is 9.73. The lowest BCUT2D eigenvalue weighted by Crippen LogP contribution is -2.48. The Morgan fingerprint density at radius 3 is 2.95 bits per heavy atom. The molecule has 3 unspecified atom stereocenters. The first-order chi connectivity index (χ1) is 9.57. The Labute approximate surface area is 122 Å². The second-order valence-corrected chi connectivity index (χ2v) is 7.00. The average molecular weight is 273 g/mol. The maximum Gasteiger partial charge on any atom is 0.0680 e. The van der Waals surface area contributed by atoms with Crippen LogP contribution in [-0.2, 0) is 6.42 Å². The Balaban J connectivity index is 1.75. The lowest BCUT2D eigenvalue weighted by molar-refractivity contribution is -0.0474. The molecular weight excluding hydrogens is 246 g/mol. The van der Waals surface area contributed by atoms with E-state index < -0.39 is 5.60 Å². The van der Waals surface area contributed by atoms with Gasteiger partial charge in [0.15, 0.2) is 0 Å². The van der Waals surface area contributed by atoms with Crippen LogP contribution >= 0.6 is 0 Å². The van der Waals surface area contributed by atoms with E-state index in [-0.39, 0.29) is 0 Å². The summed E-state index contributed by atoms with van der Waals surface area (Å²) in [5.74, 6) is 0.556. The molecule has 20 heavy (non-hydrogen) atoms. The van der Waals surface area contributed by atoms with Crippen molar-refractivity contribution >= 4 is 0 Å². The number of likely N-dealkylation sites (tertiary alicyclic amines) is 1. The van der Waals surface area contributed by atoms with E-state index in [0.29, 0.717) is 12.0 Å². The van der Waals surface area contributed by atoms with Gasteiger partial charge in [0.2, 0.25) is 0 Å². The second-order valence-electron chi connectivity index (χ2n) is 7.00. The minimum Gasteiger partial charge on any atom is -0.390 e. The molecule has 0 aromatic heterocycles. The Hall–Kier alpha value is -0.860. The van der Waals surface area contributed by atoms with Gasteiger partial charge in [0, 0.05) is 12.6 Å². The Kier molecular flexibility index (Phi) is 3.87. The molecule has 2 aliphatic rings. The molecule has 2 nitrogen and oxygen atoms in total. The minimum absolute atomic E-state index is 0.457. The zero-order valence-corrected chi connectivity index (χ0v) is 12.8. The van der Waals surface area contributed by atoms with Crippen LogP contribution in [0.4, 0.5) is 0 Å². The zero-order valence-electron chi connectivity index (χ0n) is 12.8. The summed E-state index contributed by atoms with van der Waals surface area (Å²) < 4.78 is 0. The van der Waals surface area contributed by atoms with E-state index in [1.807, 2.05) is 0 Å². The van der Waals surface area contributed by atoms with Crippen LogP contribution in [0.1, 0.15) is 56.1 Å². The summed E-state index contributed by atoms with van der Waals surface area (Å²) in [7, 11) is 2.17. The predicted octanol–water partition coefficient (Wildman–Crippen LogP) is 3.34. The van der Waals surface area contributed by atoms with E-state index in [9.17, 15) is 5.11 Å². The van der Waals surface area contributed by atoms with Crippen molar-refractivity contribution < 1.29 is 5.11 Å². The number of aliphatic hydroxyl groups is 1. The molecule has 1 fully saturated rings. The van der Waals surface area contributed by atoms with Gasteiger partial charge in [-0.25, -0.2) is 0 Å². The standard InChI is InChI=1S/C18H27NO/c1-14-12-18(20,10-11-19(14)2)13-16-8-5-7-15-6-3-4-9-17(15)16/h3-4,6,9,14,16,20H,5,7-8,10-13H2,1-2H3. The van der Waals surface area contributed by atoms with Crippen molar-refractivity contribution in [2.24, 2.45) is 0 Å². The third-order valence-corrected chi connectivity index (χ3v) is 5.48. The van der Waals surface area contributed by atoms with Gasteiger partial charge in [-0.1, -0.05) is 24.3 Å². The molecule has 1 aromatic rings. The molecule has 0 spiro atoms. The van der Waals surface area contributed by atoms with Crippen molar-refractivity contribution in [3.8, 4) is 0 Å². The number of hydrogen-bond donors (Lipinski definition) is 1. The minimum atomic E-state index is -0.457. The predicted molar refractivity (Wildman–Crippen MR) is 83.0 cm³/mol. The molecule has 0 radical (unpaired) electrons. The molecular formula is C18H27NO. The summed E-state index contributed by atoms with van der Waals surface area (Å²) in [5, 5.41) is 11.0. The molecule has 0 amide bonds. The molecule has 3 atom stereocenters. The van der Waals surface area contributed by atoms with Crippen LogP contribution in [0.15, 0.2) is 24.3 Å². The monoisotopic (exact) mass is 273 g/mol. The van der Waals surface area contributed by atoms with E-state index in [2.05, 4.69) is 43.1 Å². The summed E-state index contributed by atoms with van der Waals surface area (Å²) in [6, 6.07) is 9.34. The van der Waals surface area contributed by atoms with Gasteiger partial charge in [-0.2, -0.15) is 0 Å². The average Bonchev–Trinajstić information content (AvgIpc) is 2.44. The number of piperidine rings is 1. The van der Waals surface area contributed by atoms with Crippen LogP contribution in [-0.4, -0.2) is 35.2 Å². The lowest BCUT2D eigenvalue weighted by Gasteiger charge is -2.43. The Morgan fingerprint density at radius 1 is 1.35 bits per heavy atom. The maximum absolute atomic E-state index is 11.0. The van der Waals surface area contributed by atoms with Crippen LogP contribution in [0.2, 0.25) is 0 Å². The van der Waals surface area contributed by atoms with Crippen LogP contribution in [0, 0.1) is 0 Å². The molecule has 1 aromatic carbocycles. The van der Waals surface area contributed by atoms with Gasteiger partial charge in [0.25, 0.3) is 0 Å². The van der Waals surface area contributed by atoms with E-state index in [1.54, 1.807) is 0 Å². The number of aryl methyl sites for hydroxylation is 1. The second kappa shape index (κ2) is 5.50. The summed E-state index contributed by atoms with van der Waals surface area (Å²) in [4.78, 5) is 2.36. The van der Waals surface area contributed by atoms with Gasteiger partial charge in [0.05, 0.1) is 5.60 Å². The van der Waals surface area contributed by atoms with E-state index >= 15 is 0 Å². The SMILES string of the molecule is CC1CC(O)(CC2CCCc3ccccc32)CCN1C. The fourth-order valence-electron chi connectivity index (χ4n) is 4.12. The number of benzene rings is 1. The molecule has 2 heteroatoms. The summed E-state index contributed by atoms with van der Waals surface area (Å²) in [5.41, 5.74) is 2.55. The van der Waals surface area contributed by atoms with Gasteiger partial charge in [-0.3, -0.25) is 0 Å². The topological polar surface area (TPSA) is 23.5 Å². The molecule has 1 saturated heterocycles. The first-order valence-electron chi connectivity index (χ1n) is 8.08. The van der Waals surface area contributed by atoms with Crippen molar-refractivity contribution in [3.63, 3.8) is 0 Å². The van der Waals surface area contributed by atoms with Crippen LogP contribution in [0.3, 0.4) is 0 Å². The highest BCUT2D eigenvalue weighted by atomic mass is 16.3. The maximum atomic E-state index is 11.0. The quantitative estimate of drug-likeness (QED) is 0.893. The van der Waals surface area contributed by atoms with E-state index in [0.717, 1.165) is 25.8 Å². The van der Waals surface area contributed by atoms with Crippen molar-refractivity contribution in [1.82, 2.24) is 4.90 Å². The van der Waals surface area contributed by atoms with Gasteiger partial charge in [-0.05, 0) is 69.5 Å². The summed E-state index contributed by atoms with van der Waals surface area (Å²) in [6.07, 6.45) is 6.51. The number of fused-ring (bicyclic) bond motifs is 1. The van der Waals surface area contributed by atoms with Crippen LogP contribution in [0.5, 0.6) is 0 Å². The Bertz CT molecular complexity index is 472. The molecule has 1 aliphatic heterocycles. The number of hydrogen-bond acceptors (Lipinski definition) is 2. The normalized spacial score (nSPS) is 34.8. The van der Waals surface area contributed by atoms with Gasteiger partial charge in [0.1, 0.15) is 0 Å². The highest BCUT2D eigenvalue weighted by Crippen LogP contribution is 2.40. The van der Waals surface area contributed by atoms with E-state index in [1.165, 1.54) is 30.4 Å². The Morgan fingerprint density at radius 2 is 2.15 bits per heavy atom. The third-order valence-electron chi connectivity index (χ3n) is 5.48. The van der Waals surface area contributed by atoms with Gasteiger partial charge >= 0.3 is 0 Å². The molecule has 110 valence electrons. The van der Waals surface area contributed by atoms with E-state index in [4.69, 9.17) is 0 Å². The summed E-state index contributed by atoms with van der Waals surface area (Å²) >= 11 is 0. The molecule has 0 saturated carbocycles. The highest BCUT2D eigenvalue weighted by Gasteiger charge is 2.38. The molecule has 1 heterocycles. The molecule has 0 bridgehead atoms.